The quantitative estimate of drug-likeness (QED) is 0.0521. The predicted molar refractivity (Wildman–Crippen MR) is 111 cm³/mol. The molecule has 18 heteroatoms. The van der Waals surface area contributed by atoms with Crippen LogP contribution < -0.4 is 17.0 Å². The lowest BCUT2D eigenvalue weighted by molar-refractivity contribution is -0.122. The lowest BCUT2D eigenvalue weighted by Gasteiger charge is -2.26. The highest BCUT2D eigenvalue weighted by atomic mass is 32.3. The summed E-state index contributed by atoms with van der Waals surface area (Å²) in [4.78, 5) is 25.1. The van der Waals surface area contributed by atoms with Crippen molar-refractivity contribution in [2.45, 2.75) is 50.5 Å². The number of amides is 1. The van der Waals surface area contributed by atoms with Crippen LogP contribution in [-0.4, -0.2) is 101 Å². The number of carbonyl (C=O) groups excluding carboxylic acids is 1. The van der Waals surface area contributed by atoms with Crippen LogP contribution in [-0.2, 0) is 19.9 Å². The number of imidazole rings is 1. The van der Waals surface area contributed by atoms with E-state index < -0.39 is 41.2 Å². The second-order valence-electron chi connectivity index (χ2n) is 7.43. The van der Waals surface area contributed by atoms with Crippen LogP contribution in [0, 0.1) is 6.92 Å². The molecule has 192 valence electrons. The van der Waals surface area contributed by atoms with Crippen LogP contribution in [0.25, 0.3) is 11.2 Å². The van der Waals surface area contributed by atoms with E-state index in [0.717, 1.165) is 0 Å². The van der Waals surface area contributed by atoms with Crippen molar-refractivity contribution in [2.24, 2.45) is 5.84 Å². The first-order valence-electron chi connectivity index (χ1n) is 9.75. The molecule has 0 bridgehead atoms. The fraction of sp³-hybridized carbons (Fsp3) is 0.625. The standard InChI is InChI=1S/C16H26N8O5.H2O4S/c1-7-21-11-14(17)19-6-20-15(11)24(7)16-13(28)12(27)8(29-16)5-10(26)23(2)4-3-9(25)22-18;1-5(2,3)4/h6,8,10,12-13,16,26-28H,3-5,18H2,1-2H3,(H,22,25)(H2,17,19,20);(H2,1,2,3,4)/p-2/t8-,10?,12-,13-,16-;/m1./s1. The number of rotatable bonds is 7. The summed E-state index contributed by atoms with van der Waals surface area (Å²) >= 11 is 0. The van der Waals surface area contributed by atoms with Gasteiger partial charge in [0.25, 0.3) is 0 Å². The molecule has 1 fully saturated rings. The minimum atomic E-state index is -5.17. The third-order valence-corrected chi connectivity index (χ3v) is 5.08. The zero-order valence-corrected chi connectivity index (χ0v) is 19.0. The third kappa shape index (κ3) is 6.98. The summed E-state index contributed by atoms with van der Waals surface area (Å²) in [7, 11) is -3.54. The first-order valence-corrected chi connectivity index (χ1v) is 11.1. The van der Waals surface area contributed by atoms with Gasteiger partial charge < -0.3 is 34.9 Å². The molecule has 0 saturated carbocycles. The average Bonchev–Trinajstić information content (AvgIpc) is 3.22. The second kappa shape index (κ2) is 11.3. The van der Waals surface area contributed by atoms with Crippen LogP contribution >= 0.6 is 0 Å². The number of aliphatic hydroxyl groups is 3. The van der Waals surface area contributed by atoms with Crippen molar-refractivity contribution in [3.8, 4) is 0 Å². The van der Waals surface area contributed by atoms with E-state index in [4.69, 9.17) is 33.8 Å². The van der Waals surface area contributed by atoms with Crippen LogP contribution in [0.1, 0.15) is 24.9 Å². The van der Waals surface area contributed by atoms with Gasteiger partial charge in [-0.25, -0.2) is 20.8 Å². The van der Waals surface area contributed by atoms with Gasteiger partial charge in [0.1, 0.15) is 30.6 Å². The Kier molecular flexibility index (Phi) is 9.16. The van der Waals surface area contributed by atoms with Gasteiger partial charge in [0, 0.05) is 29.8 Å². The molecule has 5 atom stereocenters. The van der Waals surface area contributed by atoms with E-state index in [9.17, 15) is 20.1 Å². The molecule has 0 spiro atoms. The number of ether oxygens (including phenoxy) is 1. The molecule has 0 radical (unpaired) electrons. The van der Waals surface area contributed by atoms with Crippen molar-refractivity contribution in [2.75, 3.05) is 19.3 Å². The second-order valence-corrected chi connectivity index (χ2v) is 8.25. The van der Waals surface area contributed by atoms with Gasteiger partial charge in [-0.2, -0.15) is 0 Å². The monoisotopic (exact) mass is 506 g/mol. The van der Waals surface area contributed by atoms with Crippen molar-refractivity contribution in [3.63, 3.8) is 0 Å². The molecule has 1 amide bonds. The predicted octanol–water partition coefficient (Wildman–Crippen LogP) is -3.98. The molecule has 0 aliphatic carbocycles. The van der Waals surface area contributed by atoms with Gasteiger partial charge in [0.2, 0.25) is 5.91 Å². The topological polar surface area (TPSA) is 278 Å². The number of fused-ring (bicyclic) bond motifs is 1. The van der Waals surface area contributed by atoms with Crippen LogP contribution in [0.2, 0.25) is 0 Å². The lowest BCUT2D eigenvalue weighted by Crippen LogP contribution is -2.41. The summed E-state index contributed by atoms with van der Waals surface area (Å²) in [6.07, 6.45) is -3.95. The molecule has 2 aromatic heterocycles. The number of carbonyl (C=O) groups is 1. The summed E-state index contributed by atoms with van der Waals surface area (Å²) in [5, 5.41) is 31.4. The minimum Gasteiger partial charge on any atom is -0.759 e. The summed E-state index contributed by atoms with van der Waals surface area (Å²) < 4.78 is 41.5. The normalized spacial score (nSPS) is 23.6. The fourth-order valence-corrected chi connectivity index (χ4v) is 3.36. The van der Waals surface area contributed by atoms with E-state index in [-0.39, 0.29) is 31.1 Å². The van der Waals surface area contributed by atoms with Crippen LogP contribution in [0.4, 0.5) is 5.82 Å². The highest BCUT2D eigenvalue weighted by Gasteiger charge is 2.45. The number of anilines is 1. The molecule has 34 heavy (non-hydrogen) atoms. The van der Waals surface area contributed by atoms with E-state index >= 15 is 0 Å². The van der Waals surface area contributed by atoms with E-state index in [0.29, 0.717) is 17.0 Å². The third-order valence-electron chi connectivity index (χ3n) is 5.08. The van der Waals surface area contributed by atoms with Crippen molar-refractivity contribution >= 4 is 33.3 Å². The fourth-order valence-electron chi connectivity index (χ4n) is 3.36. The Balaban J connectivity index is 0.000000739. The maximum atomic E-state index is 11.2. The maximum Gasteiger partial charge on any atom is 0.235 e. The first-order chi connectivity index (χ1) is 15.7. The number of nitrogen functional groups attached to an aromatic ring is 1. The molecule has 2 aromatic rings. The summed E-state index contributed by atoms with van der Waals surface area (Å²) in [6, 6.07) is 0. The average molecular weight is 506 g/mol. The molecular weight excluding hydrogens is 480 g/mol. The maximum absolute atomic E-state index is 11.2. The zero-order valence-electron chi connectivity index (χ0n) is 18.2. The van der Waals surface area contributed by atoms with Gasteiger partial charge in [-0.1, -0.05) is 0 Å². The number of hydrogen-bond donors (Lipinski definition) is 6. The molecule has 1 aliphatic heterocycles. The molecule has 1 unspecified atom stereocenters. The Morgan fingerprint density at radius 2 is 1.97 bits per heavy atom. The highest BCUT2D eigenvalue weighted by Crippen LogP contribution is 2.35. The highest BCUT2D eigenvalue weighted by molar-refractivity contribution is 7.79. The van der Waals surface area contributed by atoms with Crippen molar-refractivity contribution in [3.05, 3.63) is 12.2 Å². The number of aliphatic hydroxyl groups excluding tert-OH is 3. The number of nitrogens with one attached hydrogen (secondary N) is 1. The van der Waals surface area contributed by atoms with E-state index in [1.807, 2.05) is 5.43 Å². The smallest absolute Gasteiger partial charge is 0.235 e. The van der Waals surface area contributed by atoms with Crippen molar-refractivity contribution in [1.82, 2.24) is 29.8 Å². The number of aryl methyl sites for hydroxylation is 1. The summed E-state index contributed by atoms with van der Waals surface area (Å²) in [6.45, 7) is 1.95. The Bertz CT molecular complexity index is 1090. The van der Waals surface area contributed by atoms with Crippen LogP contribution in [0.5, 0.6) is 0 Å². The molecule has 0 aromatic carbocycles. The number of aromatic nitrogens is 4. The Hall–Kier alpha value is -2.55. The van der Waals surface area contributed by atoms with Gasteiger partial charge in [0.15, 0.2) is 23.2 Å². The summed E-state index contributed by atoms with van der Waals surface area (Å²) in [5.74, 6) is 5.35. The molecule has 8 N–H and O–H groups in total. The number of hydrazine groups is 1. The molecule has 1 saturated heterocycles. The van der Waals surface area contributed by atoms with Gasteiger partial charge in [-0.05, 0) is 14.0 Å². The Morgan fingerprint density at radius 1 is 1.35 bits per heavy atom. The lowest BCUT2D eigenvalue weighted by atomic mass is 10.1. The van der Waals surface area contributed by atoms with E-state index in [1.54, 1.807) is 18.5 Å². The number of hydrogen-bond acceptors (Lipinski definition) is 15. The first kappa shape index (κ1) is 27.7. The van der Waals surface area contributed by atoms with Gasteiger partial charge in [-0.15, -0.1) is 0 Å². The minimum absolute atomic E-state index is 0.0122. The van der Waals surface area contributed by atoms with Gasteiger partial charge in [0.05, 0.1) is 6.10 Å². The van der Waals surface area contributed by atoms with Crippen molar-refractivity contribution < 1.29 is 42.4 Å². The SMILES string of the molecule is Cc1nc2c(N)ncnc2n1[C@@H]1O[C@H](CC(O)N(C)CCC(=O)NN)[C@@H](O)[C@H]1O.O=S(=O)([O-])[O-]. The zero-order chi connectivity index (χ0) is 25.8. The molecule has 1 aliphatic rings. The van der Waals surface area contributed by atoms with Crippen LogP contribution in [0.3, 0.4) is 0 Å². The molecular formula is C16H26N8O9S-2. The number of nitrogens with zero attached hydrogens (tertiary/aromatic N) is 5. The largest absolute Gasteiger partial charge is 0.759 e. The summed E-state index contributed by atoms with van der Waals surface area (Å²) in [5.41, 5.74) is 8.59. The van der Waals surface area contributed by atoms with E-state index in [2.05, 4.69) is 15.0 Å². The van der Waals surface area contributed by atoms with Crippen molar-refractivity contribution in [1.29, 1.82) is 0 Å². The van der Waals surface area contributed by atoms with Gasteiger partial charge >= 0.3 is 0 Å². The molecule has 3 heterocycles. The Labute approximate surface area is 193 Å². The van der Waals surface area contributed by atoms with E-state index in [1.165, 1.54) is 11.2 Å². The van der Waals surface area contributed by atoms with Gasteiger partial charge in [-0.3, -0.25) is 28.1 Å². The molecule has 17 nitrogen and oxygen atoms in total. The number of nitrogens with two attached hydrogens (primary N) is 2. The molecule has 3 rings (SSSR count). The van der Waals surface area contributed by atoms with Crippen LogP contribution in [0.15, 0.2) is 6.33 Å². The Morgan fingerprint density at radius 3 is 2.56 bits per heavy atom.